The van der Waals surface area contributed by atoms with Gasteiger partial charge in [-0.1, -0.05) is 76.2 Å². The van der Waals surface area contributed by atoms with Crippen LogP contribution in [0.3, 0.4) is 0 Å². The summed E-state index contributed by atoms with van der Waals surface area (Å²) >= 11 is 0. The van der Waals surface area contributed by atoms with Crippen LogP contribution in [-0.4, -0.2) is 23.6 Å². The van der Waals surface area contributed by atoms with Crippen molar-refractivity contribution in [2.24, 2.45) is 11.8 Å². The van der Waals surface area contributed by atoms with Crippen LogP contribution in [0.2, 0.25) is 0 Å². The molecule has 2 aliphatic heterocycles. The summed E-state index contributed by atoms with van der Waals surface area (Å²) in [6, 6.07) is 30.4. The van der Waals surface area contributed by atoms with Gasteiger partial charge in [-0.25, -0.2) is 9.80 Å². The Kier molecular flexibility index (Phi) is 6.53. The van der Waals surface area contributed by atoms with E-state index >= 15 is 0 Å². The number of hydrogen-bond acceptors (Lipinski definition) is 4. The van der Waals surface area contributed by atoms with Crippen molar-refractivity contribution in [3.63, 3.8) is 0 Å². The molecular weight excluding hydrogens is 620 g/mol. The van der Waals surface area contributed by atoms with Gasteiger partial charge in [0.2, 0.25) is 0 Å². The van der Waals surface area contributed by atoms with Crippen molar-refractivity contribution in [3.05, 3.63) is 130 Å². The second-order valence-electron chi connectivity index (χ2n) is 14.6. The maximum atomic E-state index is 14.2. The van der Waals surface area contributed by atoms with Crippen LogP contribution in [0.4, 0.5) is 11.4 Å². The van der Waals surface area contributed by atoms with E-state index < -0.39 is 0 Å². The van der Waals surface area contributed by atoms with E-state index in [9.17, 15) is 19.2 Å². The Morgan fingerprint density at radius 1 is 0.420 bits per heavy atom. The maximum absolute atomic E-state index is 14.2. The molecule has 6 heteroatoms. The van der Waals surface area contributed by atoms with Gasteiger partial charge in [-0.05, 0) is 117 Å². The highest BCUT2D eigenvalue weighted by Gasteiger charge is 2.38. The fourth-order valence-electron chi connectivity index (χ4n) is 8.32. The fraction of sp³-hybridized carbons (Fsp3) is 0.182. The molecule has 6 nitrogen and oxygen atoms in total. The van der Waals surface area contributed by atoms with Crippen LogP contribution in [0.15, 0.2) is 97.1 Å². The normalized spacial score (nSPS) is 14.6. The summed E-state index contributed by atoms with van der Waals surface area (Å²) in [7, 11) is 0. The van der Waals surface area contributed by atoms with Gasteiger partial charge in [-0.3, -0.25) is 19.2 Å². The molecule has 9 rings (SSSR count). The first-order chi connectivity index (χ1) is 24.1. The van der Waals surface area contributed by atoms with Crippen LogP contribution in [0.25, 0.3) is 43.1 Å². The average Bonchev–Trinajstić information content (AvgIpc) is 3.09. The van der Waals surface area contributed by atoms with Crippen molar-refractivity contribution < 1.29 is 19.2 Å². The van der Waals surface area contributed by atoms with Gasteiger partial charge in [0.15, 0.2) is 0 Å². The minimum absolute atomic E-state index is 0.349. The first kappa shape index (κ1) is 30.2. The molecule has 2 heterocycles. The molecular formula is C44H34N2O4. The molecule has 0 bridgehead atoms. The Hall–Kier alpha value is -5.88. The lowest BCUT2D eigenvalue weighted by Gasteiger charge is -2.30. The van der Waals surface area contributed by atoms with E-state index in [0.717, 1.165) is 56.3 Å². The largest absolute Gasteiger partial charge is 0.268 e. The van der Waals surface area contributed by atoms with E-state index in [4.69, 9.17) is 0 Å². The molecule has 0 atom stereocenters. The van der Waals surface area contributed by atoms with E-state index in [1.807, 2.05) is 97.1 Å². The first-order valence-corrected chi connectivity index (χ1v) is 17.3. The molecule has 0 saturated carbocycles. The monoisotopic (exact) mass is 654 g/mol. The maximum Gasteiger partial charge on any atom is 0.265 e. The number of anilines is 2. The van der Waals surface area contributed by atoms with Gasteiger partial charge in [-0.2, -0.15) is 0 Å². The van der Waals surface area contributed by atoms with Crippen molar-refractivity contribution in [2.75, 3.05) is 9.80 Å². The Labute approximate surface area is 289 Å². The zero-order chi connectivity index (χ0) is 34.6. The van der Waals surface area contributed by atoms with Crippen LogP contribution in [0.5, 0.6) is 0 Å². The number of imide groups is 2. The molecule has 0 aromatic heterocycles. The molecule has 0 N–H and O–H groups in total. The van der Waals surface area contributed by atoms with Crippen LogP contribution in [0.1, 0.15) is 80.3 Å². The second-order valence-corrected chi connectivity index (χ2v) is 14.6. The van der Waals surface area contributed by atoms with Gasteiger partial charge in [0.05, 0.1) is 11.4 Å². The highest BCUT2D eigenvalue weighted by atomic mass is 16.2. The highest BCUT2D eigenvalue weighted by Crippen LogP contribution is 2.47. The quantitative estimate of drug-likeness (QED) is 0.102. The topological polar surface area (TPSA) is 74.8 Å². The van der Waals surface area contributed by atoms with Crippen molar-refractivity contribution >= 4 is 78.1 Å². The van der Waals surface area contributed by atoms with Crippen molar-refractivity contribution in [3.8, 4) is 0 Å². The number of nitrogens with zero attached hydrogens (tertiary/aromatic N) is 2. The minimum Gasteiger partial charge on any atom is -0.268 e. The number of amides is 4. The van der Waals surface area contributed by atoms with E-state index in [1.165, 1.54) is 9.80 Å². The van der Waals surface area contributed by atoms with E-state index in [1.54, 1.807) is 0 Å². The molecule has 0 saturated heterocycles. The third-order valence-corrected chi connectivity index (χ3v) is 10.3. The molecule has 0 radical (unpaired) electrons. The van der Waals surface area contributed by atoms with Crippen molar-refractivity contribution in [1.82, 2.24) is 0 Å². The molecule has 244 valence electrons. The number of carbonyl (C=O) groups excluding carboxylic acids is 4. The van der Waals surface area contributed by atoms with Gasteiger partial charge in [-0.15, -0.1) is 0 Å². The third-order valence-electron chi connectivity index (χ3n) is 10.3. The summed E-state index contributed by atoms with van der Waals surface area (Å²) < 4.78 is 0. The molecule has 2 aliphatic rings. The predicted molar refractivity (Wildman–Crippen MR) is 200 cm³/mol. The van der Waals surface area contributed by atoms with Gasteiger partial charge in [0.25, 0.3) is 23.6 Å². The zero-order valence-corrected chi connectivity index (χ0v) is 28.3. The minimum atomic E-state index is -0.349. The first-order valence-electron chi connectivity index (χ1n) is 17.3. The summed E-state index contributed by atoms with van der Waals surface area (Å²) in [5.41, 5.74) is 5.19. The van der Waals surface area contributed by atoms with Crippen molar-refractivity contribution in [2.45, 2.75) is 40.5 Å². The SMILES string of the molecule is CC(C)Cc1cccc(N2C(=O)c3ccc4c5ccc6c7c(ccc(c8ccc(c3c48)C2=O)c75)C(=O)N(c2cccc(CC(C)C)c2)C6=O)c1. The molecule has 4 amide bonds. The summed E-state index contributed by atoms with van der Waals surface area (Å²) in [5, 5.41) is 6.43. The van der Waals surface area contributed by atoms with E-state index in [0.29, 0.717) is 56.2 Å². The standard InChI is InChI=1S/C44H34N2O4/c1-23(2)19-25-7-5-9-27(21-25)45-41(47)33-15-11-29-31-13-17-35-40-36(44(50)46(43(35)49)28-10-6-8-26(22-28)20-24(3)4)18-14-32(38(31)40)30-12-16-34(42(45)48)39(33)37(29)30/h5-18,21-24H,19-20H2,1-4H3. The Bertz CT molecular complexity index is 2350. The molecule has 7 aromatic rings. The summed E-state index contributed by atoms with van der Waals surface area (Å²) in [6.45, 7) is 8.57. The number of benzene rings is 7. The lowest BCUT2D eigenvalue weighted by molar-refractivity contribution is 0.0877. The molecule has 0 aliphatic carbocycles. The zero-order valence-electron chi connectivity index (χ0n) is 28.3. The fourth-order valence-corrected chi connectivity index (χ4v) is 8.32. The molecule has 50 heavy (non-hydrogen) atoms. The molecule has 0 fully saturated rings. The van der Waals surface area contributed by atoms with Gasteiger partial charge < -0.3 is 0 Å². The van der Waals surface area contributed by atoms with Crippen LogP contribution in [-0.2, 0) is 12.8 Å². The highest BCUT2D eigenvalue weighted by molar-refractivity contribution is 6.45. The molecule has 7 aromatic carbocycles. The van der Waals surface area contributed by atoms with Crippen molar-refractivity contribution in [1.29, 1.82) is 0 Å². The van der Waals surface area contributed by atoms with Gasteiger partial charge in [0.1, 0.15) is 0 Å². The summed E-state index contributed by atoms with van der Waals surface area (Å²) in [5.74, 6) is -0.527. The smallest absolute Gasteiger partial charge is 0.265 e. The van der Waals surface area contributed by atoms with E-state index in [-0.39, 0.29) is 23.6 Å². The van der Waals surface area contributed by atoms with Gasteiger partial charge in [0, 0.05) is 33.0 Å². The lowest BCUT2D eigenvalue weighted by atomic mass is 9.82. The lowest BCUT2D eigenvalue weighted by Crippen LogP contribution is -2.40. The van der Waals surface area contributed by atoms with Crippen LogP contribution >= 0.6 is 0 Å². The average molecular weight is 655 g/mol. The Morgan fingerprint density at radius 2 is 0.740 bits per heavy atom. The van der Waals surface area contributed by atoms with E-state index in [2.05, 4.69) is 27.7 Å². The summed E-state index contributed by atoms with van der Waals surface area (Å²) in [6.07, 6.45) is 1.69. The number of fused-ring (bicyclic) bond motifs is 2. The second kappa shape index (κ2) is 10.8. The number of hydrogen-bond donors (Lipinski definition) is 0. The number of carbonyl (C=O) groups is 4. The Morgan fingerprint density at radius 3 is 1.04 bits per heavy atom. The third kappa shape index (κ3) is 4.21. The van der Waals surface area contributed by atoms with Gasteiger partial charge >= 0.3 is 0 Å². The number of rotatable bonds is 6. The molecule has 0 unspecified atom stereocenters. The predicted octanol–water partition coefficient (Wildman–Crippen LogP) is 9.74. The molecule has 0 spiro atoms. The Balaban J connectivity index is 1.22. The van der Waals surface area contributed by atoms with Crippen LogP contribution < -0.4 is 9.80 Å². The summed E-state index contributed by atoms with van der Waals surface area (Å²) in [4.78, 5) is 59.3. The van der Waals surface area contributed by atoms with Crippen LogP contribution in [0, 0.1) is 11.8 Å².